The lowest BCUT2D eigenvalue weighted by Gasteiger charge is -2.09. The van der Waals surface area contributed by atoms with Crippen molar-refractivity contribution in [2.75, 3.05) is 0 Å². The summed E-state index contributed by atoms with van der Waals surface area (Å²) < 4.78 is 7.31. The highest BCUT2D eigenvalue weighted by Crippen LogP contribution is 2.20. The number of aromatic nitrogens is 2. The van der Waals surface area contributed by atoms with Gasteiger partial charge in [0.2, 0.25) is 0 Å². The Kier molecular flexibility index (Phi) is 3.28. The van der Waals surface area contributed by atoms with Gasteiger partial charge in [0.1, 0.15) is 12.4 Å². The first kappa shape index (κ1) is 12.9. The van der Waals surface area contributed by atoms with Crippen LogP contribution >= 0.6 is 11.3 Å². The predicted molar refractivity (Wildman–Crippen MR) is 79.6 cm³/mol. The summed E-state index contributed by atoms with van der Waals surface area (Å²) in [6.07, 6.45) is 1.73. The fraction of sp³-hybridized carbons (Fsp3) is 0.200. The van der Waals surface area contributed by atoms with Gasteiger partial charge < -0.3 is 4.74 Å². The topological polar surface area (TPSA) is 43.6 Å². The Morgan fingerprint density at radius 3 is 3.00 bits per heavy atom. The summed E-state index contributed by atoms with van der Waals surface area (Å²) in [4.78, 5) is 17.0. The SMILES string of the molecule is Cc1ccc(C)c(OCc2cc(=O)n3ccsc3n2)c1. The second-order valence-corrected chi connectivity index (χ2v) is 5.57. The van der Waals surface area contributed by atoms with Gasteiger partial charge in [0.15, 0.2) is 4.96 Å². The largest absolute Gasteiger partial charge is 0.487 e. The molecule has 2 aromatic heterocycles. The van der Waals surface area contributed by atoms with Crippen LogP contribution in [0.4, 0.5) is 0 Å². The molecule has 0 spiro atoms. The van der Waals surface area contributed by atoms with Crippen LogP contribution in [0.15, 0.2) is 40.6 Å². The molecular weight excluding hydrogens is 272 g/mol. The molecule has 102 valence electrons. The van der Waals surface area contributed by atoms with Gasteiger partial charge in [-0.25, -0.2) is 4.98 Å². The molecule has 0 fully saturated rings. The minimum Gasteiger partial charge on any atom is -0.487 e. The Bertz CT molecular complexity index is 820. The lowest BCUT2D eigenvalue weighted by atomic mass is 10.1. The summed E-state index contributed by atoms with van der Waals surface area (Å²) in [5.41, 5.74) is 2.80. The number of thiazole rings is 1. The second-order valence-electron chi connectivity index (χ2n) is 4.70. The van der Waals surface area contributed by atoms with E-state index in [1.165, 1.54) is 21.8 Å². The molecule has 0 aliphatic carbocycles. The molecule has 3 aromatic rings. The van der Waals surface area contributed by atoms with Gasteiger partial charge in [-0.1, -0.05) is 12.1 Å². The number of aryl methyl sites for hydroxylation is 2. The third kappa shape index (κ3) is 2.44. The molecule has 0 aliphatic rings. The van der Waals surface area contributed by atoms with Crippen molar-refractivity contribution in [2.45, 2.75) is 20.5 Å². The number of benzene rings is 1. The van der Waals surface area contributed by atoms with E-state index in [0.29, 0.717) is 17.3 Å². The molecule has 0 bridgehead atoms. The summed E-state index contributed by atoms with van der Waals surface area (Å²) in [7, 11) is 0. The van der Waals surface area contributed by atoms with Crippen LogP contribution in [-0.2, 0) is 6.61 Å². The van der Waals surface area contributed by atoms with Gasteiger partial charge in [-0.15, -0.1) is 11.3 Å². The molecule has 0 radical (unpaired) electrons. The zero-order valence-electron chi connectivity index (χ0n) is 11.3. The lowest BCUT2D eigenvalue weighted by Crippen LogP contribution is -2.14. The van der Waals surface area contributed by atoms with Gasteiger partial charge in [0.25, 0.3) is 5.56 Å². The number of nitrogens with zero attached hydrogens (tertiary/aromatic N) is 2. The Hall–Kier alpha value is -2.14. The highest BCUT2D eigenvalue weighted by Gasteiger charge is 2.05. The van der Waals surface area contributed by atoms with Gasteiger partial charge >= 0.3 is 0 Å². The zero-order valence-corrected chi connectivity index (χ0v) is 12.1. The first-order valence-electron chi connectivity index (χ1n) is 6.29. The van der Waals surface area contributed by atoms with E-state index < -0.39 is 0 Å². The third-order valence-corrected chi connectivity index (χ3v) is 3.83. The Labute approximate surface area is 120 Å². The number of fused-ring (bicyclic) bond motifs is 1. The van der Waals surface area contributed by atoms with Crippen LogP contribution in [0.1, 0.15) is 16.8 Å². The average Bonchev–Trinajstić information content (AvgIpc) is 2.89. The quantitative estimate of drug-likeness (QED) is 0.743. The van der Waals surface area contributed by atoms with Gasteiger partial charge in [-0.2, -0.15) is 0 Å². The second kappa shape index (κ2) is 5.09. The maximum atomic E-state index is 11.9. The van der Waals surface area contributed by atoms with Gasteiger partial charge in [-0.05, 0) is 31.0 Å². The fourth-order valence-electron chi connectivity index (χ4n) is 1.98. The van der Waals surface area contributed by atoms with E-state index in [1.807, 2.05) is 37.4 Å². The van der Waals surface area contributed by atoms with E-state index in [1.54, 1.807) is 6.20 Å². The molecule has 3 rings (SSSR count). The van der Waals surface area contributed by atoms with Crippen molar-refractivity contribution in [3.05, 3.63) is 63.0 Å². The summed E-state index contributed by atoms with van der Waals surface area (Å²) >= 11 is 1.44. The van der Waals surface area contributed by atoms with E-state index in [-0.39, 0.29) is 5.56 Å². The van der Waals surface area contributed by atoms with Gasteiger partial charge in [-0.3, -0.25) is 9.20 Å². The number of rotatable bonds is 3. The van der Waals surface area contributed by atoms with E-state index in [0.717, 1.165) is 16.9 Å². The Morgan fingerprint density at radius 1 is 1.30 bits per heavy atom. The van der Waals surface area contributed by atoms with Crippen molar-refractivity contribution in [3.63, 3.8) is 0 Å². The van der Waals surface area contributed by atoms with Crippen molar-refractivity contribution in [2.24, 2.45) is 0 Å². The standard InChI is InChI=1S/C15H14N2O2S/c1-10-3-4-11(2)13(7-10)19-9-12-8-14(18)17-5-6-20-15(17)16-12/h3-8H,9H2,1-2H3. The molecule has 5 heteroatoms. The third-order valence-electron chi connectivity index (χ3n) is 3.08. The Morgan fingerprint density at radius 2 is 2.15 bits per heavy atom. The summed E-state index contributed by atoms with van der Waals surface area (Å²) in [6.45, 7) is 4.32. The summed E-state index contributed by atoms with van der Waals surface area (Å²) in [6, 6.07) is 7.58. The molecule has 4 nitrogen and oxygen atoms in total. The maximum Gasteiger partial charge on any atom is 0.258 e. The molecule has 0 saturated carbocycles. The van der Waals surface area contributed by atoms with Crippen molar-refractivity contribution in [3.8, 4) is 5.75 Å². The minimum absolute atomic E-state index is 0.0733. The molecule has 20 heavy (non-hydrogen) atoms. The average molecular weight is 286 g/mol. The molecule has 0 unspecified atom stereocenters. The maximum absolute atomic E-state index is 11.9. The van der Waals surface area contributed by atoms with Crippen LogP contribution in [-0.4, -0.2) is 9.38 Å². The number of hydrogen-bond acceptors (Lipinski definition) is 4. The highest BCUT2D eigenvalue weighted by molar-refractivity contribution is 7.15. The van der Waals surface area contributed by atoms with E-state index in [4.69, 9.17) is 4.74 Å². The smallest absolute Gasteiger partial charge is 0.258 e. The van der Waals surface area contributed by atoms with Crippen LogP contribution < -0.4 is 10.3 Å². The highest BCUT2D eigenvalue weighted by atomic mass is 32.1. The van der Waals surface area contributed by atoms with Crippen LogP contribution in [0.25, 0.3) is 4.96 Å². The van der Waals surface area contributed by atoms with E-state index in [2.05, 4.69) is 4.98 Å². The fourth-order valence-corrected chi connectivity index (χ4v) is 2.71. The van der Waals surface area contributed by atoms with Crippen molar-refractivity contribution < 1.29 is 4.74 Å². The van der Waals surface area contributed by atoms with Crippen LogP contribution in [0.2, 0.25) is 0 Å². The first-order valence-corrected chi connectivity index (χ1v) is 7.17. The Balaban J connectivity index is 1.86. The lowest BCUT2D eigenvalue weighted by molar-refractivity contribution is 0.299. The molecule has 0 aliphatic heterocycles. The van der Waals surface area contributed by atoms with Crippen LogP contribution in [0, 0.1) is 13.8 Å². The van der Waals surface area contributed by atoms with Gasteiger partial charge in [0.05, 0.1) is 5.69 Å². The molecule has 0 N–H and O–H groups in total. The van der Waals surface area contributed by atoms with E-state index >= 15 is 0 Å². The van der Waals surface area contributed by atoms with Crippen molar-refractivity contribution >= 4 is 16.3 Å². The number of ether oxygens (including phenoxy) is 1. The summed E-state index contributed by atoms with van der Waals surface area (Å²) in [5, 5.41) is 1.85. The molecule has 0 amide bonds. The van der Waals surface area contributed by atoms with Crippen molar-refractivity contribution in [1.29, 1.82) is 0 Å². The predicted octanol–water partition coefficient (Wildman–Crippen LogP) is 2.95. The number of hydrogen-bond donors (Lipinski definition) is 0. The molecule has 0 atom stereocenters. The van der Waals surface area contributed by atoms with Crippen molar-refractivity contribution in [1.82, 2.24) is 9.38 Å². The first-order chi connectivity index (χ1) is 9.63. The molecule has 1 aromatic carbocycles. The minimum atomic E-state index is -0.0733. The van der Waals surface area contributed by atoms with Crippen LogP contribution in [0.3, 0.4) is 0 Å². The summed E-state index contributed by atoms with van der Waals surface area (Å²) in [5.74, 6) is 0.832. The van der Waals surface area contributed by atoms with Gasteiger partial charge in [0, 0.05) is 17.6 Å². The van der Waals surface area contributed by atoms with E-state index in [9.17, 15) is 4.79 Å². The molecular formula is C15H14N2O2S. The molecule has 0 saturated heterocycles. The normalized spacial score (nSPS) is 10.9. The monoisotopic (exact) mass is 286 g/mol. The zero-order chi connectivity index (χ0) is 14.1. The van der Waals surface area contributed by atoms with Crippen LogP contribution in [0.5, 0.6) is 5.75 Å². The molecule has 2 heterocycles.